The van der Waals surface area contributed by atoms with Crippen LogP contribution in [0.4, 0.5) is 0 Å². The maximum absolute atomic E-state index is 5.47. The van der Waals surface area contributed by atoms with Gasteiger partial charge in [-0.2, -0.15) is 0 Å². The average molecular weight is 935 g/mol. The minimum absolute atomic E-state index is 0.593. The highest BCUT2D eigenvalue weighted by Crippen LogP contribution is 2.46. The minimum Gasteiger partial charge on any atom is -0.309 e. The number of benzene rings is 11. The fourth-order valence-electron chi connectivity index (χ4n) is 10.8. The highest BCUT2D eigenvalue weighted by Gasteiger charge is 2.24. The molecule has 5 heteroatoms. The molecule has 14 rings (SSSR count). The predicted molar refractivity (Wildman–Crippen MR) is 303 cm³/mol. The van der Waals surface area contributed by atoms with Crippen LogP contribution in [0, 0.1) is 0 Å². The molecule has 0 unspecified atom stereocenters. The van der Waals surface area contributed by atoms with E-state index in [1.165, 1.54) is 52.8 Å². The Morgan fingerprint density at radius 1 is 0.278 bits per heavy atom. The van der Waals surface area contributed by atoms with Gasteiger partial charge in [-0.1, -0.05) is 206 Å². The Bertz CT molecular complexity index is 4280. The van der Waals surface area contributed by atoms with E-state index in [0.717, 1.165) is 66.8 Å². The average Bonchev–Trinajstić information content (AvgIpc) is 4.00. The Morgan fingerprint density at radius 3 is 1.44 bits per heavy atom. The summed E-state index contributed by atoms with van der Waals surface area (Å²) < 4.78 is 4.99. The summed E-state index contributed by atoms with van der Waals surface area (Å²) in [6, 6.07) is 91.2. The summed E-state index contributed by atoms with van der Waals surface area (Å²) in [6.07, 6.45) is 0. The summed E-state index contributed by atoms with van der Waals surface area (Å²) in [7, 11) is 0. The molecule has 3 aromatic heterocycles. The van der Waals surface area contributed by atoms with Gasteiger partial charge in [0.15, 0.2) is 17.5 Å². The lowest BCUT2D eigenvalue weighted by molar-refractivity contribution is 1.07. The first-order valence-electron chi connectivity index (χ1n) is 24.3. The summed E-state index contributed by atoms with van der Waals surface area (Å²) in [5.41, 5.74) is 15.0. The van der Waals surface area contributed by atoms with Gasteiger partial charge in [0.1, 0.15) is 0 Å². The van der Waals surface area contributed by atoms with E-state index in [1.54, 1.807) is 0 Å². The standard InChI is InChI=1S/C67H42N4S/c1-4-20-43(21-5-1)49-28-12-14-30-53(49)66-68-65(69-67(70-66)54-31-15-13-29-50(54)44-22-6-2-7-23-44)48-38-39-58(56(41-48)52-34-19-37-62-64(52)55-32-16-17-36-61(55)72-62)71-59-35-18-33-51(45-24-8-3-9-25-45)63(59)57-40-46-26-10-11-27-47(46)42-60(57)71/h1-42H. The molecule has 72 heavy (non-hydrogen) atoms. The van der Waals surface area contributed by atoms with Crippen LogP contribution >= 0.6 is 11.3 Å². The number of rotatable bonds is 8. The SMILES string of the molecule is c1ccc(-c2ccccc2-c2nc(-c3ccc(-n4c5cc6ccccc6cc5c5c(-c6ccccc6)cccc54)c(-c4cccc5sc6ccccc6c45)c3)nc(-c3ccccc3-c3ccccc3)n2)cc1. The van der Waals surface area contributed by atoms with Gasteiger partial charge in [0, 0.05) is 53.2 Å². The zero-order chi connectivity index (χ0) is 47.5. The third-order valence-corrected chi connectivity index (χ3v) is 15.2. The lowest BCUT2D eigenvalue weighted by Crippen LogP contribution is -2.03. The maximum Gasteiger partial charge on any atom is 0.164 e. The van der Waals surface area contributed by atoms with Gasteiger partial charge in [-0.15, -0.1) is 11.3 Å². The molecule has 3 heterocycles. The van der Waals surface area contributed by atoms with E-state index >= 15 is 0 Å². The van der Waals surface area contributed by atoms with Crippen LogP contribution in [0.15, 0.2) is 255 Å². The summed E-state index contributed by atoms with van der Waals surface area (Å²) in [4.78, 5) is 16.3. The molecule has 0 aliphatic heterocycles. The summed E-state index contributed by atoms with van der Waals surface area (Å²) in [6.45, 7) is 0. The number of hydrogen-bond acceptors (Lipinski definition) is 4. The van der Waals surface area contributed by atoms with Gasteiger partial charge < -0.3 is 4.57 Å². The monoisotopic (exact) mass is 934 g/mol. The van der Waals surface area contributed by atoms with E-state index < -0.39 is 0 Å². The number of aromatic nitrogens is 4. The maximum atomic E-state index is 5.47. The van der Waals surface area contributed by atoms with Crippen molar-refractivity contribution in [2.75, 3.05) is 0 Å². The topological polar surface area (TPSA) is 43.6 Å². The van der Waals surface area contributed by atoms with Crippen LogP contribution in [-0.4, -0.2) is 19.5 Å². The normalized spacial score (nSPS) is 11.6. The molecule has 0 saturated heterocycles. The Balaban J connectivity index is 1.08. The lowest BCUT2D eigenvalue weighted by Gasteiger charge is -2.18. The molecule has 0 fully saturated rings. The fraction of sp³-hybridized carbons (Fsp3) is 0. The molecule has 0 N–H and O–H groups in total. The Labute approximate surface area is 420 Å². The van der Waals surface area contributed by atoms with Crippen LogP contribution in [0.5, 0.6) is 0 Å². The van der Waals surface area contributed by atoms with E-state index in [0.29, 0.717) is 17.5 Å². The molecule has 4 nitrogen and oxygen atoms in total. The summed E-state index contributed by atoms with van der Waals surface area (Å²) in [5.74, 6) is 1.81. The van der Waals surface area contributed by atoms with Crippen molar-refractivity contribution in [3.05, 3.63) is 255 Å². The van der Waals surface area contributed by atoms with Crippen LogP contribution in [0.1, 0.15) is 0 Å². The molecule has 336 valence electrons. The molecule has 0 atom stereocenters. The van der Waals surface area contributed by atoms with E-state index in [9.17, 15) is 0 Å². The van der Waals surface area contributed by atoms with Crippen LogP contribution in [0.3, 0.4) is 0 Å². The Hall–Kier alpha value is -9.29. The predicted octanol–water partition coefficient (Wildman–Crippen LogP) is 18.2. The smallest absolute Gasteiger partial charge is 0.164 e. The molecular weight excluding hydrogens is 893 g/mol. The molecule has 0 bridgehead atoms. The van der Waals surface area contributed by atoms with E-state index in [-0.39, 0.29) is 0 Å². The van der Waals surface area contributed by atoms with Gasteiger partial charge in [0.2, 0.25) is 0 Å². The first kappa shape index (κ1) is 41.7. The summed E-state index contributed by atoms with van der Waals surface area (Å²) in [5, 5.41) is 7.30. The van der Waals surface area contributed by atoms with Crippen LogP contribution < -0.4 is 0 Å². The van der Waals surface area contributed by atoms with Crippen molar-refractivity contribution >= 4 is 64.1 Å². The van der Waals surface area contributed by atoms with Crippen molar-refractivity contribution < 1.29 is 0 Å². The Morgan fingerprint density at radius 2 is 0.778 bits per heavy atom. The minimum atomic E-state index is 0.593. The number of thiophene rings is 1. The highest BCUT2D eigenvalue weighted by atomic mass is 32.1. The van der Waals surface area contributed by atoms with Gasteiger partial charge in [0.05, 0.1) is 16.7 Å². The van der Waals surface area contributed by atoms with Crippen LogP contribution in [0.25, 0.3) is 137 Å². The van der Waals surface area contributed by atoms with Crippen molar-refractivity contribution in [2.45, 2.75) is 0 Å². The highest BCUT2D eigenvalue weighted by molar-refractivity contribution is 7.25. The molecule has 0 spiro atoms. The molecule has 0 aliphatic rings. The van der Waals surface area contributed by atoms with Crippen molar-refractivity contribution in [1.82, 2.24) is 19.5 Å². The zero-order valence-electron chi connectivity index (χ0n) is 38.9. The van der Waals surface area contributed by atoms with E-state index in [2.05, 4.69) is 259 Å². The molecule has 0 saturated carbocycles. The number of fused-ring (bicyclic) bond motifs is 7. The second-order valence-electron chi connectivity index (χ2n) is 18.3. The van der Waals surface area contributed by atoms with E-state index in [4.69, 9.17) is 15.0 Å². The van der Waals surface area contributed by atoms with Gasteiger partial charge in [-0.3, -0.25) is 0 Å². The first-order valence-corrected chi connectivity index (χ1v) is 25.2. The largest absolute Gasteiger partial charge is 0.309 e. The molecule has 0 aliphatic carbocycles. The Kier molecular flexibility index (Phi) is 10.0. The number of hydrogen-bond donors (Lipinski definition) is 0. The first-order chi connectivity index (χ1) is 35.7. The molecule has 14 aromatic rings. The van der Waals surface area contributed by atoms with Gasteiger partial charge in [0.25, 0.3) is 0 Å². The van der Waals surface area contributed by atoms with Crippen LogP contribution in [0.2, 0.25) is 0 Å². The van der Waals surface area contributed by atoms with Crippen molar-refractivity contribution in [3.63, 3.8) is 0 Å². The fourth-order valence-corrected chi connectivity index (χ4v) is 11.9. The quantitative estimate of drug-likeness (QED) is 0.152. The van der Waals surface area contributed by atoms with E-state index in [1.807, 2.05) is 11.3 Å². The second kappa shape index (κ2) is 17.3. The molecule has 11 aromatic carbocycles. The molecular formula is C67H42N4S. The molecule has 0 radical (unpaired) electrons. The number of nitrogens with zero attached hydrogens (tertiary/aromatic N) is 4. The van der Waals surface area contributed by atoms with Gasteiger partial charge in [-0.25, -0.2) is 15.0 Å². The van der Waals surface area contributed by atoms with Gasteiger partial charge >= 0.3 is 0 Å². The second-order valence-corrected chi connectivity index (χ2v) is 19.3. The third kappa shape index (κ3) is 7.01. The van der Waals surface area contributed by atoms with Crippen LogP contribution in [-0.2, 0) is 0 Å². The molecule has 0 amide bonds. The lowest BCUT2D eigenvalue weighted by atomic mass is 9.95. The summed E-state index contributed by atoms with van der Waals surface area (Å²) >= 11 is 1.84. The van der Waals surface area contributed by atoms with Crippen molar-refractivity contribution in [1.29, 1.82) is 0 Å². The zero-order valence-corrected chi connectivity index (χ0v) is 39.8. The van der Waals surface area contributed by atoms with Crippen molar-refractivity contribution in [3.8, 4) is 84.4 Å². The van der Waals surface area contributed by atoms with Gasteiger partial charge in [-0.05, 0) is 98.2 Å². The third-order valence-electron chi connectivity index (χ3n) is 14.1. The van der Waals surface area contributed by atoms with Crippen molar-refractivity contribution in [2.24, 2.45) is 0 Å².